The molecule has 0 N–H and O–H groups in total. The number of hydrogen-bond acceptors (Lipinski definition) is 3. The average Bonchev–Trinajstić information content (AvgIpc) is 2.33. The molecule has 0 heterocycles. The van der Waals surface area contributed by atoms with Crippen LogP contribution in [0, 0.1) is 0 Å². The fourth-order valence-corrected chi connectivity index (χ4v) is 3.22. The number of amides is 1. The lowest BCUT2D eigenvalue weighted by Crippen LogP contribution is -2.50. The standard InChI is InChI=1S/C14H22N2O3S/c1-14(2,3)16(20(5,18)19)11-13(17)15(4)12-9-7-6-8-10-12/h6-10H,11H2,1-5H3. The molecule has 5 nitrogen and oxygen atoms in total. The van der Waals surface area contributed by atoms with E-state index in [0.717, 1.165) is 11.9 Å². The maximum atomic E-state index is 12.3. The van der Waals surface area contributed by atoms with Crippen molar-refractivity contribution in [3.8, 4) is 0 Å². The molecule has 0 saturated carbocycles. The highest BCUT2D eigenvalue weighted by Crippen LogP contribution is 2.18. The highest BCUT2D eigenvalue weighted by Gasteiger charge is 2.32. The monoisotopic (exact) mass is 298 g/mol. The van der Waals surface area contributed by atoms with Crippen molar-refractivity contribution >= 4 is 21.6 Å². The highest BCUT2D eigenvalue weighted by molar-refractivity contribution is 7.88. The van der Waals surface area contributed by atoms with Gasteiger partial charge in [0, 0.05) is 18.3 Å². The zero-order valence-electron chi connectivity index (χ0n) is 12.6. The SMILES string of the molecule is CN(C(=O)CN(C(C)(C)C)S(C)(=O)=O)c1ccccc1. The predicted molar refractivity (Wildman–Crippen MR) is 81.2 cm³/mol. The Kier molecular flexibility index (Phi) is 4.94. The van der Waals surface area contributed by atoms with E-state index in [1.165, 1.54) is 9.21 Å². The van der Waals surface area contributed by atoms with E-state index in [-0.39, 0.29) is 12.5 Å². The lowest BCUT2D eigenvalue weighted by Gasteiger charge is -2.33. The van der Waals surface area contributed by atoms with E-state index in [9.17, 15) is 13.2 Å². The molecule has 1 aromatic rings. The van der Waals surface area contributed by atoms with Gasteiger partial charge in [-0.3, -0.25) is 4.79 Å². The van der Waals surface area contributed by atoms with E-state index in [1.807, 2.05) is 18.2 Å². The Labute approximate surface area is 121 Å². The Balaban J connectivity index is 2.93. The van der Waals surface area contributed by atoms with Gasteiger partial charge in [0.2, 0.25) is 15.9 Å². The number of rotatable bonds is 4. The second-order valence-electron chi connectivity index (χ2n) is 5.73. The van der Waals surface area contributed by atoms with Crippen molar-refractivity contribution in [2.45, 2.75) is 26.3 Å². The first-order valence-corrected chi connectivity index (χ1v) is 8.18. The number of anilines is 1. The van der Waals surface area contributed by atoms with Crippen LogP contribution in [0.5, 0.6) is 0 Å². The van der Waals surface area contributed by atoms with Crippen LogP contribution in [0.4, 0.5) is 5.69 Å². The Hall–Kier alpha value is -1.40. The fraction of sp³-hybridized carbons (Fsp3) is 0.500. The van der Waals surface area contributed by atoms with Gasteiger partial charge in [-0.1, -0.05) is 18.2 Å². The van der Waals surface area contributed by atoms with Gasteiger partial charge in [0.15, 0.2) is 0 Å². The van der Waals surface area contributed by atoms with Crippen LogP contribution in [0.15, 0.2) is 30.3 Å². The van der Waals surface area contributed by atoms with Gasteiger partial charge in [-0.15, -0.1) is 0 Å². The van der Waals surface area contributed by atoms with Crippen LogP contribution >= 0.6 is 0 Å². The quantitative estimate of drug-likeness (QED) is 0.850. The summed E-state index contributed by atoms with van der Waals surface area (Å²) in [5, 5.41) is 0. The molecule has 0 aliphatic heterocycles. The molecular weight excluding hydrogens is 276 g/mol. The zero-order chi connectivity index (χ0) is 15.6. The predicted octanol–water partition coefficient (Wildman–Crippen LogP) is 1.71. The van der Waals surface area contributed by atoms with Crippen LogP contribution in [-0.4, -0.2) is 44.0 Å². The van der Waals surface area contributed by atoms with Crippen molar-refractivity contribution in [1.82, 2.24) is 4.31 Å². The van der Waals surface area contributed by atoms with Gasteiger partial charge in [0.25, 0.3) is 0 Å². The molecule has 0 aliphatic carbocycles. The first-order valence-electron chi connectivity index (χ1n) is 6.33. The summed E-state index contributed by atoms with van der Waals surface area (Å²) in [4.78, 5) is 13.7. The number of nitrogens with zero attached hydrogens (tertiary/aromatic N) is 2. The third-order valence-corrected chi connectivity index (χ3v) is 4.42. The number of likely N-dealkylation sites (N-methyl/N-ethyl adjacent to an activating group) is 1. The van der Waals surface area contributed by atoms with Crippen LogP contribution in [0.1, 0.15) is 20.8 Å². The minimum Gasteiger partial charge on any atom is -0.314 e. The fourth-order valence-electron chi connectivity index (χ4n) is 1.88. The molecule has 0 spiro atoms. The third kappa shape index (κ3) is 4.31. The van der Waals surface area contributed by atoms with Crippen molar-refractivity contribution in [3.63, 3.8) is 0 Å². The van der Waals surface area contributed by atoms with Crippen molar-refractivity contribution in [2.24, 2.45) is 0 Å². The van der Waals surface area contributed by atoms with Gasteiger partial charge in [0.1, 0.15) is 0 Å². The number of sulfonamides is 1. The largest absolute Gasteiger partial charge is 0.314 e. The van der Waals surface area contributed by atoms with Gasteiger partial charge in [-0.05, 0) is 32.9 Å². The maximum Gasteiger partial charge on any atom is 0.242 e. The van der Waals surface area contributed by atoms with E-state index in [2.05, 4.69) is 0 Å². The summed E-state index contributed by atoms with van der Waals surface area (Å²) in [6, 6.07) is 9.13. The minimum atomic E-state index is -3.45. The molecule has 1 rings (SSSR count). The smallest absolute Gasteiger partial charge is 0.242 e. The van der Waals surface area contributed by atoms with Crippen molar-refractivity contribution in [2.75, 3.05) is 24.7 Å². The lowest BCUT2D eigenvalue weighted by molar-refractivity contribution is -0.119. The third-order valence-electron chi connectivity index (χ3n) is 2.94. The Morgan fingerprint density at radius 2 is 1.65 bits per heavy atom. The average molecular weight is 298 g/mol. The highest BCUT2D eigenvalue weighted by atomic mass is 32.2. The van der Waals surface area contributed by atoms with Crippen LogP contribution < -0.4 is 4.90 Å². The molecule has 1 aromatic carbocycles. The lowest BCUT2D eigenvalue weighted by atomic mass is 10.1. The Morgan fingerprint density at radius 3 is 2.05 bits per heavy atom. The summed E-state index contributed by atoms with van der Waals surface area (Å²) >= 11 is 0. The summed E-state index contributed by atoms with van der Waals surface area (Å²) < 4.78 is 24.9. The molecule has 1 amide bonds. The van der Waals surface area contributed by atoms with Gasteiger partial charge >= 0.3 is 0 Å². The van der Waals surface area contributed by atoms with Crippen LogP contribution in [0.2, 0.25) is 0 Å². The topological polar surface area (TPSA) is 57.7 Å². The van der Waals surface area contributed by atoms with Crippen LogP contribution in [-0.2, 0) is 14.8 Å². The second-order valence-corrected chi connectivity index (χ2v) is 7.64. The Bertz CT molecular complexity index is 562. The van der Waals surface area contributed by atoms with Crippen molar-refractivity contribution in [3.05, 3.63) is 30.3 Å². The summed E-state index contributed by atoms with van der Waals surface area (Å²) in [6.07, 6.45) is 1.12. The first kappa shape index (κ1) is 16.7. The molecule has 112 valence electrons. The van der Waals surface area contributed by atoms with Gasteiger partial charge < -0.3 is 4.90 Å². The van der Waals surface area contributed by atoms with E-state index in [1.54, 1.807) is 40.0 Å². The van der Waals surface area contributed by atoms with Crippen molar-refractivity contribution in [1.29, 1.82) is 0 Å². The summed E-state index contributed by atoms with van der Waals surface area (Å²) in [5.74, 6) is -0.267. The summed E-state index contributed by atoms with van der Waals surface area (Å²) in [7, 11) is -1.81. The van der Waals surface area contributed by atoms with Gasteiger partial charge in [0.05, 0.1) is 12.8 Å². The van der Waals surface area contributed by atoms with E-state index in [4.69, 9.17) is 0 Å². The summed E-state index contributed by atoms with van der Waals surface area (Å²) in [6.45, 7) is 5.13. The number of carbonyl (C=O) groups excluding carboxylic acids is 1. The number of hydrogen-bond donors (Lipinski definition) is 0. The molecule has 0 unspecified atom stereocenters. The number of carbonyl (C=O) groups is 1. The molecule has 0 atom stereocenters. The molecule has 0 bridgehead atoms. The molecular formula is C14H22N2O3S. The Morgan fingerprint density at radius 1 is 1.15 bits per heavy atom. The molecule has 6 heteroatoms. The number of benzene rings is 1. The van der Waals surface area contributed by atoms with E-state index in [0.29, 0.717) is 0 Å². The zero-order valence-corrected chi connectivity index (χ0v) is 13.4. The maximum absolute atomic E-state index is 12.3. The van der Waals surface area contributed by atoms with Crippen LogP contribution in [0.3, 0.4) is 0 Å². The molecule has 0 fully saturated rings. The van der Waals surface area contributed by atoms with Gasteiger partial charge in [-0.25, -0.2) is 8.42 Å². The van der Waals surface area contributed by atoms with E-state index >= 15 is 0 Å². The molecule has 0 saturated heterocycles. The first-order chi connectivity index (χ1) is 9.03. The van der Waals surface area contributed by atoms with E-state index < -0.39 is 15.6 Å². The number of para-hydroxylation sites is 1. The normalized spacial score (nSPS) is 12.5. The van der Waals surface area contributed by atoms with Crippen molar-refractivity contribution < 1.29 is 13.2 Å². The summed E-state index contributed by atoms with van der Waals surface area (Å²) in [5.41, 5.74) is 0.0979. The molecule has 20 heavy (non-hydrogen) atoms. The molecule has 0 aromatic heterocycles. The van der Waals surface area contributed by atoms with Gasteiger partial charge in [-0.2, -0.15) is 4.31 Å². The minimum absolute atomic E-state index is 0.173. The second kappa shape index (κ2) is 5.93. The van der Waals surface area contributed by atoms with Crippen LogP contribution in [0.25, 0.3) is 0 Å². The molecule has 0 radical (unpaired) electrons. The molecule has 0 aliphatic rings.